The number of alkyl halides is 3. The molecule has 0 unspecified atom stereocenters. The van der Waals surface area contributed by atoms with Gasteiger partial charge in [-0.05, 0) is 54.4 Å². The molecule has 0 radical (unpaired) electrons. The van der Waals surface area contributed by atoms with Gasteiger partial charge in [0.2, 0.25) is 0 Å². The lowest BCUT2D eigenvalue weighted by Crippen LogP contribution is -2.04. The monoisotopic (exact) mass is 390 g/mol. The summed E-state index contributed by atoms with van der Waals surface area (Å²) in [5.41, 5.74) is 5.33. The third kappa shape index (κ3) is 4.19. The van der Waals surface area contributed by atoms with Crippen LogP contribution in [-0.2, 0) is 6.18 Å². The van der Waals surface area contributed by atoms with E-state index in [4.69, 9.17) is 4.98 Å². The first-order valence-corrected chi connectivity index (χ1v) is 9.07. The Balaban J connectivity index is 1.73. The molecular formula is C24H17F3N2. The van der Waals surface area contributed by atoms with E-state index in [1.807, 2.05) is 55.5 Å². The molecule has 0 bridgehead atoms. The van der Waals surface area contributed by atoms with E-state index < -0.39 is 11.7 Å². The fourth-order valence-corrected chi connectivity index (χ4v) is 3.18. The van der Waals surface area contributed by atoms with E-state index in [0.717, 1.165) is 40.1 Å². The standard InChI is InChI=1S/C24H17F3N2/c1-16-12-22(17-7-9-21(10-8-17)24(25,26)27)29-23(13-16)19-5-2-4-18(14-19)20-6-3-11-28-15-20/h2-15H,1H3. The highest BCUT2D eigenvalue weighted by Crippen LogP contribution is 2.32. The molecule has 0 atom stereocenters. The molecule has 4 rings (SSSR count). The summed E-state index contributed by atoms with van der Waals surface area (Å²) >= 11 is 0. The highest BCUT2D eigenvalue weighted by atomic mass is 19.4. The third-order valence-electron chi connectivity index (χ3n) is 4.63. The van der Waals surface area contributed by atoms with Crippen LogP contribution in [0.1, 0.15) is 11.1 Å². The lowest BCUT2D eigenvalue weighted by molar-refractivity contribution is -0.137. The van der Waals surface area contributed by atoms with E-state index in [1.54, 1.807) is 12.4 Å². The lowest BCUT2D eigenvalue weighted by Gasteiger charge is -2.10. The Morgan fingerprint density at radius 2 is 1.34 bits per heavy atom. The van der Waals surface area contributed by atoms with Crippen molar-refractivity contribution in [2.24, 2.45) is 0 Å². The fourth-order valence-electron chi connectivity index (χ4n) is 3.18. The normalized spacial score (nSPS) is 11.4. The lowest BCUT2D eigenvalue weighted by atomic mass is 10.0. The number of hydrogen-bond donors (Lipinski definition) is 0. The molecule has 5 heteroatoms. The van der Waals surface area contributed by atoms with Crippen LogP contribution in [0.5, 0.6) is 0 Å². The van der Waals surface area contributed by atoms with Crippen molar-refractivity contribution >= 4 is 0 Å². The summed E-state index contributed by atoms with van der Waals surface area (Å²) in [6.45, 7) is 1.95. The molecule has 0 spiro atoms. The molecule has 4 aromatic rings. The molecule has 144 valence electrons. The van der Waals surface area contributed by atoms with Crippen molar-refractivity contribution in [3.63, 3.8) is 0 Å². The molecule has 2 nitrogen and oxygen atoms in total. The van der Waals surface area contributed by atoms with Crippen LogP contribution < -0.4 is 0 Å². The average Bonchev–Trinajstić information content (AvgIpc) is 2.73. The fraction of sp³-hybridized carbons (Fsp3) is 0.0833. The predicted molar refractivity (Wildman–Crippen MR) is 108 cm³/mol. The number of aryl methyl sites for hydroxylation is 1. The molecule has 0 aliphatic heterocycles. The molecule has 29 heavy (non-hydrogen) atoms. The minimum absolute atomic E-state index is 0.639. The molecule has 2 heterocycles. The van der Waals surface area contributed by atoms with Gasteiger partial charge in [-0.1, -0.05) is 36.4 Å². The Morgan fingerprint density at radius 3 is 2.00 bits per heavy atom. The predicted octanol–water partition coefficient (Wildman–Crippen LogP) is 6.80. The number of nitrogens with zero attached hydrogens (tertiary/aromatic N) is 2. The van der Waals surface area contributed by atoms with Crippen molar-refractivity contribution in [3.8, 4) is 33.6 Å². The maximum atomic E-state index is 12.8. The zero-order valence-electron chi connectivity index (χ0n) is 15.6. The summed E-state index contributed by atoms with van der Waals surface area (Å²) in [6, 6.07) is 20.8. The second-order valence-corrected chi connectivity index (χ2v) is 6.81. The smallest absolute Gasteiger partial charge is 0.264 e. The molecule has 0 saturated heterocycles. The summed E-state index contributed by atoms with van der Waals surface area (Å²) in [5.74, 6) is 0. The van der Waals surface area contributed by atoms with Gasteiger partial charge in [0.15, 0.2) is 0 Å². The van der Waals surface area contributed by atoms with Gasteiger partial charge >= 0.3 is 6.18 Å². The van der Waals surface area contributed by atoms with E-state index in [2.05, 4.69) is 4.98 Å². The Morgan fingerprint density at radius 1 is 0.690 bits per heavy atom. The first-order valence-electron chi connectivity index (χ1n) is 9.07. The highest BCUT2D eigenvalue weighted by Gasteiger charge is 2.30. The van der Waals surface area contributed by atoms with E-state index in [9.17, 15) is 13.2 Å². The first-order chi connectivity index (χ1) is 13.9. The van der Waals surface area contributed by atoms with Gasteiger partial charge in [-0.2, -0.15) is 13.2 Å². The van der Waals surface area contributed by atoms with Gasteiger partial charge in [-0.15, -0.1) is 0 Å². The maximum absolute atomic E-state index is 12.8. The van der Waals surface area contributed by atoms with Crippen molar-refractivity contribution in [2.75, 3.05) is 0 Å². The molecule has 0 aliphatic rings. The Kier molecular flexibility index (Phi) is 4.89. The van der Waals surface area contributed by atoms with Gasteiger partial charge in [-0.3, -0.25) is 4.98 Å². The molecule has 0 N–H and O–H groups in total. The average molecular weight is 390 g/mol. The number of benzene rings is 2. The quantitative estimate of drug-likeness (QED) is 0.384. The number of rotatable bonds is 3. The van der Waals surface area contributed by atoms with Crippen LogP contribution in [0.25, 0.3) is 33.6 Å². The van der Waals surface area contributed by atoms with Crippen LogP contribution in [0.3, 0.4) is 0 Å². The van der Waals surface area contributed by atoms with Crippen LogP contribution in [-0.4, -0.2) is 9.97 Å². The van der Waals surface area contributed by atoms with E-state index in [-0.39, 0.29) is 0 Å². The Bertz CT molecular complexity index is 1130. The second-order valence-electron chi connectivity index (χ2n) is 6.81. The minimum atomic E-state index is -4.35. The van der Waals surface area contributed by atoms with Gasteiger partial charge in [-0.25, -0.2) is 4.98 Å². The van der Waals surface area contributed by atoms with Crippen molar-refractivity contribution in [3.05, 3.63) is 96.3 Å². The molecule has 0 saturated carbocycles. The molecule has 0 fully saturated rings. The zero-order chi connectivity index (χ0) is 20.4. The number of pyridine rings is 2. The van der Waals surface area contributed by atoms with Gasteiger partial charge in [0, 0.05) is 29.1 Å². The van der Waals surface area contributed by atoms with E-state index >= 15 is 0 Å². The van der Waals surface area contributed by atoms with Gasteiger partial charge in [0.1, 0.15) is 0 Å². The summed E-state index contributed by atoms with van der Waals surface area (Å²) in [7, 11) is 0. The zero-order valence-corrected chi connectivity index (χ0v) is 15.6. The maximum Gasteiger partial charge on any atom is 0.416 e. The summed E-state index contributed by atoms with van der Waals surface area (Å²) in [5, 5.41) is 0. The molecule has 2 aromatic heterocycles. The van der Waals surface area contributed by atoms with E-state index in [1.165, 1.54) is 12.1 Å². The van der Waals surface area contributed by atoms with Crippen molar-refractivity contribution in [1.29, 1.82) is 0 Å². The summed E-state index contributed by atoms with van der Waals surface area (Å²) in [6.07, 6.45) is -0.821. The highest BCUT2D eigenvalue weighted by molar-refractivity contribution is 5.73. The largest absolute Gasteiger partial charge is 0.416 e. The van der Waals surface area contributed by atoms with Crippen molar-refractivity contribution < 1.29 is 13.2 Å². The van der Waals surface area contributed by atoms with Crippen molar-refractivity contribution in [2.45, 2.75) is 13.1 Å². The topological polar surface area (TPSA) is 25.8 Å². The molecule has 0 amide bonds. The number of halogens is 3. The molecule has 2 aromatic carbocycles. The van der Waals surface area contributed by atoms with Gasteiger partial charge in [0.25, 0.3) is 0 Å². The second kappa shape index (κ2) is 7.51. The van der Waals surface area contributed by atoms with Crippen molar-refractivity contribution in [1.82, 2.24) is 9.97 Å². The van der Waals surface area contributed by atoms with Crippen LogP contribution in [0.2, 0.25) is 0 Å². The SMILES string of the molecule is Cc1cc(-c2ccc(C(F)(F)F)cc2)nc(-c2cccc(-c3cccnc3)c2)c1. The van der Waals surface area contributed by atoms with Gasteiger partial charge in [0.05, 0.1) is 17.0 Å². The molecular weight excluding hydrogens is 373 g/mol. The van der Waals surface area contributed by atoms with Gasteiger partial charge < -0.3 is 0 Å². The summed E-state index contributed by atoms with van der Waals surface area (Å²) in [4.78, 5) is 8.86. The Labute approximate surface area is 166 Å². The molecule has 0 aliphatic carbocycles. The third-order valence-corrected chi connectivity index (χ3v) is 4.63. The van der Waals surface area contributed by atoms with Crippen LogP contribution >= 0.6 is 0 Å². The van der Waals surface area contributed by atoms with E-state index in [0.29, 0.717) is 11.3 Å². The minimum Gasteiger partial charge on any atom is -0.264 e. The number of aromatic nitrogens is 2. The summed E-state index contributed by atoms with van der Waals surface area (Å²) < 4.78 is 38.5. The van der Waals surface area contributed by atoms with Crippen LogP contribution in [0, 0.1) is 6.92 Å². The van der Waals surface area contributed by atoms with Crippen LogP contribution in [0.15, 0.2) is 85.2 Å². The van der Waals surface area contributed by atoms with Crippen LogP contribution in [0.4, 0.5) is 13.2 Å². The number of hydrogen-bond acceptors (Lipinski definition) is 2. The Hall–Kier alpha value is -3.47. The first kappa shape index (κ1) is 18.9.